The largest absolute Gasteiger partial charge is 0.495 e. The van der Waals surface area contributed by atoms with Gasteiger partial charge >= 0.3 is 5.97 Å². The van der Waals surface area contributed by atoms with Crippen LogP contribution in [0, 0.1) is 5.41 Å². The minimum atomic E-state index is -0.891. The number of nitrogens with one attached hydrogen (secondary N) is 1. The van der Waals surface area contributed by atoms with E-state index in [-0.39, 0.29) is 24.8 Å². The van der Waals surface area contributed by atoms with Gasteiger partial charge in [0.1, 0.15) is 5.75 Å². The molecule has 1 fully saturated rings. The molecule has 1 amide bonds. The average molecular weight is 369 g/mol. The summed E-state index contributed by atoms with van der Waals surface area (Å²) in [7, 11) is 1.62. The summed E-state index contributed by atoms with van der Waals surface area (Å²) in [5.41, 5.74) is 0.350. The number of aliphatic carboxylic acids is 1. The zero-order valence-electron chi connectivity index (χ0n) is 14.8. The second kappa shape index (κ2) is 7.95. The van der Waals surface area contributed by atoms with Gasteiger partial charge in [-0.15, -0.1) is 0 Å². The van der Waals surface area contributed by atoms with E-state index in [1.165, 1.54) is 0 Å². The Bertz CT molecular complexity index is 648. The van der Waals surface area contributed by atoms with Gasteiger partial charge < -0.3 is 20.1 Å². The Labute approximate surface area is 153 Å². The number of ether oxygens (including phenoxy) is 1. The first-order chi connectivity index (χ1) is 11.7. The number of anilines is 1. The van der Waals surface area contributed by atoms with Crippen LogP contribution in [0.4, 0.5) is 5.69 Å². The van der Waals surface area contributed by atoms with E-state index in [4.69, 9.17) is 21.4 Å². The third kappa shape index (κ3) is 5.53. The maximum atomic E-state index is 12.2. The Kier molecular flexibility index (Phi) is 6.16. The van der Waals surface area contributed by atoms with Crippen LogP contribution in [-0.4, -0.2) is 43.2 Å². The number of rotatable bonds is 7. The van der Waals surface area contributed by atoms with Crippen LogP contribution in [-0.2, 0) is 9.59 Å². The number of carboxylic acids is 1. The van der Waals surface area contributed by atoms with E-state index in [1.807, 2.05) is 12.1 Å². The van der Waals surface area contributed by atoms with Crippen LogP contribution in [0.2, 0.25) is 5.02 Å². The molecule has 1 atom stereocenters. The van der Waals surface area contributed by atoms with Gasteiger partial charge in [0.2, 0.25) is 5.91 Å². The highest BCUT2D eigenvalue weighted by Gasteiger charge is 2.29. The van der Waals surface area contributed by atoms with Crippen molar-refractivity contribution in [1.82, 2.24) is 5.32 Å². The molecule has 7 heteroatoms. The van der Waals surface area contributed by atoms with E-state index in [1.54, 1.807) is 27.0 Å². The van der Waals surface area contributed by atoms with Gasteiger partial charge in [0, 0.05) is 30.6 Å². The van der Waals surface area contributed by atoms with Gasteiger partial charge in [-0.1, -0.05) is 25.4 Å². The van der Waals surface area contributed by atoms with Gasteiger partial charge in [-0.25, -0.2) is 0 Å². The Morgan fingerprint density at radius 1 is 1.40 bits per heavy atom. The Balaban J connectivity index is 1.94. The number of carbonyl (C=O) groups excluding carboxylic acids is 1. The van der Waals surface area contributed by atoms with Crippen molar-refractivity contribution in [2.75, 3.05) is 25.1 Å². The lowest BCUT2D eigenvalue weighted by Gasteiger charge is -2.24. The van der Waals surface area contributed by atoms with Crippen molar-refractivity contribution in [3.05, 3.63) is 23.2 Å². The first-order valence-electron chi connectivity index (χ1n) is 8.30. The van der Waals surface area contributed by atoms with Crippen LogP contribution in [0.25, 0.3) is 0 Å². The number of hydrogen-bond donors (Lipinski definition) is 2. The predicted molar refractivity (Wildman–Crippen MR) is 97.4 cm³/mol. The van der Waals surface area contributed by atoms with Crippen LogP contribution < -0.4 is 15.0 Å². The number of methoxy groups -OCH3 is 1. The van der Waals surface area contributed by atoms with Gasteiger partial charge in [-0.05, 0) is 30.0 Å². The van der Waals surface area contributed by atoms with Crippen molar-refractivity contribution in [3.8, 4) is 5.75 Å². The molecule has 1 aliphatic heterocycles. The molecule has 0 aromatic heterocycles. The lowest BCUT2D eigenvalue weighted by atomic mass is 9.85. The normalized spacial score (nSPS) is 17.4. The van der Waals surface area contributed by atoms with Crippen molar-refractivity contribution in [2.24, 2.45) is 5.41 Å². The van der Waals surface area contributed by atoms with Crippen molar-refractivity contribution in [1.29, 1.82) is 0 Å². The zero-order valence-corrected chi connectivity index (χ0v) is 15.6. The van der Waals surface area contributed by atoms with E-state index in [2.05, 4.69) is 10.2 Å². The molecule has 2 rings (SSSR count). The molecule has 6 nitrogen and oxygen atoms in total. The molecule has 25 heavy (non-hydrogen) atoms. The third-order valence-electron chi connectivity index (χ3n) is 4.30. The van der Waals surface area contributed by atoms with Gasteiger partial charge in [0.05, 0.1) is 19.2 Å². The maximum absolute atomic E-state index is 12.2. The highest BCUT2D eigenvalue weighted by atomic mass is 35.5. The minimum Gasteiger partial charge on any atom is -0.495 e. The fraction of sp³-hybridized carbons (Fsp3) is 0.556. The number of hydrogen-bond acceptors (Lipinski definition) is 4. The topological polar surface area (TPSA) is 78.9 Å². The van der Waals surface area contributed by atoms with Gasteiger partial charge in [0.15, 0.2) is 0 Å². The quantitative estimate of drug-likeness (QED) is 0.773. The number of nitrogens with zero attached hydrogens (tertiary/aromatic N) is 1. The fourth-order valence-corrected chi connectivity index (χ4v) is 3.36. The number of halogens is 1. The molecule has 0 saturated carbocycles. The number of carbonyl (C=O) groups is 2. The molecular formula is C18H25ClN2O4. The summed E-state index contributed by atoms with van der Waals surface area (Å²) >= 11 is 6.09. The SMILES string of the molecule is COc1ccc(Cl)cc1N1CCC(NC(=O)CC(C)(C)CC(=O)O)C1. The molecule has 0 radical (unpaired) electrons. The number of carboxylic acid groups (broad SMARTS) is 1. The summed E-state index contributed by atoms with van der Waals surface area (Å²) in [6.07, 6.45) is 0.980. The highest BCUT2D eigenvalue weighted by Crippen LogP contribution is 2.33. The molecule has 1 unspecified atom stereocenters. The zero-order chi connectivity index (χ0) is 18.6. The molecule has 0 spiro atoms. The monoisotopic (exact) mass is 368 g/mol. The molecule has 138 valence electrons. The summed E-state index contributed by atoms with van der Waals surface area (Å²) in [5, 5.41) is 12.6. The summed E-state index contributed by atoms with van der Waals surface area (Å²) in [6.45, 7) is 5.04. The van der Waals surface area contributed by atoms with Crippen molar-refractivity contribution in [2.45, 2.75) is 39.2 Å². The highest BCUT2D eigenvalue weighted by molar-refractivity contribution is 6.30. The van der Waals surface area contributed by atoms with Gasteiger partial charge in [-0.3, -0.25) is 9.59 Å². The first kappa shape index (κ1) is 19.4. The Hall–Kier alpha value is -1.95. The lowest BCUT2D eigenvalue weighted by Crippen LogP contribution is -2.39. The van der Waals surface area contributed by atoms with E-state index < -0.39 is 11.4 Å². The van der Waals surface area contributed by atoms with E-state index in [9.17, 15) is 9.59 Å². The lowest BCUT2D eigenvalue weighted by molar-refractivity contribution is -0.139. The smallest absolute Gasteiger partial charge is 0.303 e. The van der Waals surface area contributed by atoms with Crippen molar-refractivity contribution in [3.63, 3.8) is 0 Å². The van der Waals surface area contributed by atoms with E-state index >= 15 is 0 Å². The Morgan fingerprint density at radius 3 is 2.76 bits per heavy atom. The molecule has 1 aromatic carbocycles. The summed E-state index contributed by atoms with van der Waals surface area (Å²) in [4.78, 5) is 25.3. The van der Waals surface area contributed by atoms with E-state index in [0.717, 1.165) is 24.4 Å². The molecule has 1 heterocycles. The fourth-order valence-electron chi connectivity index (χ4n) is 3.19. The van der Waals surface area contributed by atoms with Crippen LogP contribution in [0.1, 0.15) is 33.1 Å². The molecule has 0 bridgehead atoms. The van der Waals surface area contributed by atoms with Gasteiger partial charge in [0.25, 0.3) is 0 Å². The number of benzene rings is 1. The molecule has 2 N–H and O–H groups in total. The Morgan fingerprint density at radius 2 is 2.12 bits per heavy atom. The summed E-state index contributed by atoms with van der Waals surface area (Å²) in [5.74, 6) is -0.256. The molecule has 1 aromatic rings. The predicted octanol–water partition coefficient (Wildman–Crippen LogP) is 2.93. The maximum Gasteiger partial charge on any atom is 0.303 e. The van der Waals surface area contributed by atoms with Crippen LogP contribution in [0.15, 0.2) is 18.2 Å². The molecule has 1 aliphatic rings. The van der Waals surface area contributed by atoms with Gasteiger partial charge in [-0.2, -0.15) is 0 Å². The molecule has 1 saturated heterocycles. The van der Waals surface area contributed by atoms with E-state index in [0.29, 0.717) is 11.6 Å². The second-order valence-corrected chi connectivity index (χ2v) is 7.66. The third-order valence-corrected chi connectivity index (χ3v) is 4.54. The minimum absolute atomic E-state index is 0.0248. The standard InChI is InChI=1S/C18H25ClN2O4/c1-18(2,10-17(23)24)9-16(22)20-13-6-7-21(11-13)14-8-12(19)4-5-15(14)25-3/h4-5,8,13H,6-7,9-11H2,1-3H3,(H,20,22)(H,23,24). The van der Waals surface area contributed by atoms with Crippen LogP contribution in [0.3, 0.4) is 0 Å². The first-order valence-corrected chi connectivity index (χ1v) is 8.67. The summed E-state index contributed by atoms with van der Waals surface area (Å²) < 4.78 is 5.39. The van der Waals surface area contributed by atoms with Crippen LogP contribution >= 0.6 is 11.6 Å². The number of amides is 1. The van der Waals surface area contributed by atoms with Crippen molar-refractivity contribution >= 4 is 29.2 Å². The molecular weight excluding hydrogens is 344 g/mol. The second-order valence-electron chi connectivity index (χ2n) is 7.23. The molecule has 0 aliphatic carbocycles. The van der Waals surface area contributed by atoms with Crippen LogP contribution in [0.5, 0.6) is 5.75 Å². The van der Waals surface area contributed by atoms with Crippen molar-refractivity contribution < 1.29 is 19.4 Å². The average Bonchev–Trinajstić information content (AvgIpc) is 2.93. The summed E-state index contributed by atoms with van der Waals surface area (Å²) in [6, 6.07) is 5.50.